The van der Waals surface area contributed by atoms with E-state index in [-0.39, 0.29) is 16.4 Å². The molecular formula is C15H10N2O4S. The van der Waals surface area contributed by atoms with Gasteiger partial charge >= 0.3 is 10.1 Å². The Kier molecular flexibility index (Phi) is 4.31. The van der Waals surface area contributed by atoms with Crippen molar-refractivity contribution in [2.75, 3.05) is 7.11 Å². The Balaban J connectivity index is 2.36. The summed E-state index contributed by atoms with van der Waals surface area (Å²) in [5, 5.41) is 17.5. The van der Waals surface area contributed by atoms with Crippen molar-refractivity contribution in [1.29, 1.82) is 10.5 Å². The SMILES string of the molecule is COc1cc(C#N)ccc1OS(=O)(=O)c1ccc(C#N)cc1. The molecule has 2 aromatic rings. The summed E-state index contributed by atoms with van der Waals surface area (Å²) in [4.78, 5) is -0.0853. The number of ether oxygens (including phenoxy) is 1. The van der Waals surface area contributed by atoms with Crippen molar-refractivity contribution in [3.63, 3.8) is 0 Å². The van der Waals surface area contributed by atoms with Crippen molar-refractivity contribution in [3.8, 4) is 23.6 Å². The van der Waals surface area contributed by atoms with E-state index >= 15 is 0 Å². The summed E-state index contributed by atoms with van der Waals surface area (Å²) in [5.41, 5.74) is 0.662. The summed E-state index contributed by atoms with van der Waals surface area (Å²) >= 11 is 0. The summed E-state index contributed by atoms with van der Waals surface area (Å²) in [5.74, 6) is 0.113. The quantitative estimate of drug-likeness (QED) is 0.802. The first-order valence-electron chi connectivity index (χ1n) is 6.03. The highest BCUT2D eigenvalue weighted by atomic mass is 32.2. The van der Waals surface area contributed by atoms with E-state index in [1.165, 1.54) is 49.6 Å². The molecule has 0 radical (unpaired) electrons. The van der Waals surface area contributed by atoms with Gasteiger partial charge in [-0.05, 0) is 36.4 Å². The molecule has 22 heavy (non-hydrogen) atoms. The molecule has 6 nitrogen and oxygen atoms in total. The van der Waals surface area contributed by atoms with Gasteiger partial charge in [0.05, 0.1) is 30.4 Å². The van der Waals surface area contributed by atoms with Crippen LogP contribution >= 0.6 is 0 Å². The Morgan fingerprint density at radius 2 is 1.50 bits per heavy atom. The number of nitriles is 2. The molecule has 0 saturated heterocycles. The highest BCUT2D eigenvalue weighted by molar-refractivity contribution is 7.87. The maximum absolute atomic E-state index is 12.2. The Morgan fingerprint density at radius 3 is 2.05 bits per heavy atom. The maximum Gasteiger partial charge on any atom is 0.339 e. The molecule has 110 valence electrons. The molecule has 0 amide bonds. The minimum absolute atomic E-state index is 0.0224. The van der Waals surface area contributed by atoms with Gasteiger partial charge in [0.1, 0.15) is 4.90 Å². The number of hydrogen-bond donors (Lipinski definition) is 0. The van der Waals surface area contributed by atoms with Crippen LogP contribution in [0.15, 0.2) is 47.4 Å². The fourth-order valence-corrected chi connectivity index (χ4v) is 2.61. The molecule has 2 rings (SSSR count). The summed E-state index contributed by atoms with van der Waals surface area (Å²) in [7, 11) is -2.72. The lowest BCUT2D eigenvalue weighted by atomic mass is 10.2. The average molecular weight is 314 g/mol. The zero-order valence-electron chi connectivity index (χ0n) is 11.5. The third-order valence-electron chi connectivity index (χ3n) is 2.76. The number of rotatable bonds is 4. The standard InChI is InChI=1S/C15H10N2O4S/c1-20-15-8-12(10-17)4-7-14(15)21-22(18,19)13-5-2-11(9-16)3-6-13/h2-8H,1H3. The van der Waals surface area contributed by atoms with E-state index in [0.717, 1.165) is 0 Å². The minimum Gasteiger partial charge on any atom is -0.493 e. The molecule has 0 aliphatic rings. The van der Waals surface area contributed by atoms with Gasteiger partial charge in [-0.15, -0.1) is 0 Å². The van der Waals surface area contributed by atoms with E-state index < -0.39 is 10.1 Å². The van der Waals surface area contributed by atoms with Crippen LogP contribution in [0.2, 0.25) is 0 Å². The smallest absolute Gasteiger partial charge is 0.339 e. The normalized spacial score (nSPS) is 10.3. The Labute approximate surface area is 127 Å². The van der Waals surface area contributed by atoms with Gasteiger partial charge in [0.2, 0.25) is 0 Å². The lowest BCUT2D eigenvalue weighted by Gasteiger charge is -2.10. The molecular weight excluding hydrogens is 304 g/mol. The van der Waals surface area contributed by atoms with Crippen LogP contribution in [0.4, 0.5) is 0 Å². The van der Waals surface area contributed by atoms with Crippen LogP contribution in [-0.2, 0) is 10.1 Å². The zero-order valence-corrected chi connectivity index (χ0v) is 12.3. The van der Waals surface area contributed by atoms with Gasteiger partial charge in [-0.2, -0.15) is 18.9 Å². The lowest BCUT2D eigenvalue weighted by molar-refractivity contribution is 0.390. The second-order valence-electron chi connectivity index (χ2n) is 4.15. The number of nitrogens with zero attached hydrogens (tertiary/aromatic N) is 2. The summed E-state index contributed by atoms with van der Waals surface area (Å²) in [6.45, 7) is 0. The Hall–Kier alpha value is -3.03. The fourth-order valence-electron chi connectivity index (χ4n) is 1.67. The van der Waals surface area contributed by atoms with E-state index in [1.807, 2.05) is 12.1 Å². The monoisotopic (exact) mass is 314 g/mol. The highest BCUT2D eigenvalue weighted by Crippen LogP contribution is 2.30. The van der Waals surface area contributed by atoms with E-state index in [1.54, 1.807) is 0 Å². The molecule has 0 bridgehead atoms. The van der Waals surface area contributed by atoms with Gasteiger partial charge in [0.25, 0.3) is 0 Å². The van der Waals surface area contributed by atoms with E-state index in [2.05, 4.69) is 0 Å². The summed E-state index contributed by atoms with van der Waals surface area (Å²) < 4.78 is 34.5. The zero-order chi connectivity index (χ0) is 16.2. The Bertz CT molecular complexity index is 875. The third-order valence-corrected chi connectivity index (χ3v) is 4.01. The van der Waals surface area contributed by atoms with Crippen LogP contribution in [0, 0.1) is 22.7 Å². The predicted octanol–water partition coefficient (Wildman–Crippen LogP) is 2.21. The van der Waals surface area contributed by atoms with Crippen LogP contribution in [0.3, 0.4) is 0 Å². The number of methoxy groups -OCH3 is 1. The van der Waals surface area contributed by atoms with Crippen LogP contribution < -0.4 is 8.92 Å². The molecule has 0 aliphatic heterocycles. The molecule has 0 fully saturated rings. The molecule has 0 saturated carbocycles. The van der Waals surface area contributed by atoms with Crippen molar-refractivity contribution in [2.24, 2.45) is 0 Å². The van der Waals surface area contributed by atoms with E-state index in [4.69, 9.17) is 19.4 Å². The molecule has 0 spiro atoms. The molecule has 0 unspecified atom stereocenters. The van der Waals surface area contributed by atoms with E-state index in [0.29, 0.717) is 11.1 Å². The third kappa shape index (κ3) is 3.17. The van der Waals surface area contributed by atoms with Crippen molar-refractivity contribution >= 4 is 10.1 Å². The van der Waals surface area contributed by atoms with Crippen LogP contribution in [-0.4, -0.2) is 15.5 Å². The van der Waals surface area contributed by atoms with E-state index in [9.17, 15) is 8.42 Å². The van der Waals surface area contributed by atoms with Gasteiger partial charge in [0.15, 0.2) is 11.5 Å². The predicted molar refractivity (Wildman–Crippen MR) is 76.7 cm³/mol. The minimum atomic E-state index is -4.06. The first-order chi connectivity index (χ1) is 10.5. The van der Waals surface area contributed by atoms with Gasteiger partial charge in [-0.25, -0.2) is 0 Å². The van der Waals surface area contributed by atoms with Crippen molar-refractivity contribution in [1.82, 2.24) is 0 Å². The lowest BCUT2D eigenvalue weighted by Crippen LogP contribution is -2.10. The molecule has 0 aliphatic carbocycles. The van der Waals surface area contributed by atoms with Gasteiger partial charge in [-0.3, -0.25) is 0 Å². The van der Waals surface area contributed by atoms with Crippen LogP contribution in [0.25, 0.3) is 0 Å². The van der Waals surface area contributed by atoms with Gasteiger partial charge in [-0.1, -0.05) is 0 Å². The van der Waals surface area contributed by atoms with Crippen molar-refractivity contribution in [2.45, 2.75) is 4.90 Å². The number of hydrogen-bond acceptors (Lipinski definition) is 6. The largest absolute Gasteiger partial charge is 0.493 e. The van der Waals surface area contributed by atoms with Crippen LogP contribution in [0.1, 0.15) is 11.1 Å². The molecule has 2 aromatic carbocycles. The second kappa shape index (κ2) is 6.17. The molecule has 0 N–H and O–H groups in total. The second-order valence-corrected chi connectivity index (χ2v) is 5.70. The number of benzene rings is 2. The van der Waals surface area contributed by atoms with Crippen molar-refractivity contribution in [3.05, 3.63) is 53.6 Å². The first-order valence-corrected chi connectivity index (χ1v) is 7.44. The van der Waals surface area contributed by atoms with Crippen LogP contribution in [0.5, 0.6) is 11.5 Å². The molecule has 7 heteroatoms. The molecule has 0 heterocycles. The molecule has 0 atom stereocenters. The topological polar surface area (TPSA) is 100 Å². The average Bonchev–Trinajstić information content (AvgIpc) is 2.55. The summed E-state index contributed by atoms with van der Waals surface area (Å²) in [6, 6.07) is 13.3. The molecule has 0 aromatic heterocycles. The van der Waals surface area contributed by atoms with Gasteiger partial charge in [0, 0.05) is 6.07 Å². The maximum atomic E-state index is 12.2. The van der Waals surface area contributed by atoms with Crippen molar-refractivity contribution < 1.29 is 17.3 Å². The summed E-state index contributed by atoms with van der Waals surface area (Å²) in [6.07, 6.45) is 0. The highest BCUT2D eigenvalue weighted by Gasteiger charge is 2.19. The first kappa shape index (κ1) is 15.4. The fraction of sp³-hybridized carbons (Fsp3) is 0.0667. The Morgan fingerprint density at radius 1 is 0.909 bits per heavy atom. The van der Waals surface area contributed by atoms with Gasteiger partial charge < -0.3 is 8.92 Å².